The molecule has 0 N–H and O–H groups in total. The first-order valence-electron chi connectivity index (χ1n) is 9.66. The van der Waals surface area contributed by atoms with Crippen LogP contribution in [-0.4, -0.2) is 32.7 Å². The molecule has 0 saturated carbocycles. The van der Waals surface area contributed by atoms with E-state index in [0.717, 1.165) is 50.2 Å². The van der Waals surface area contributed by atoms with E-state index < -0.39 is 0 Å². The van der Waals surface area contributed by atoms with Crippen LogP contribution in [0.2, 0.25) is 0 Å². The van der Waals surface area contributed by atoms with E-state index in [1.807, 2.05) is 0 Å². The Hall–Kier alpha value is -2.00. The lowest BCUT2D eigenvalue weighted by Gasteiger charge is -2.25. The van der Waals surface area contributed by atoms with E-state index in [9.17, 15) is 0 Å². The highest BCUT2D eigenvalue weighted by molar-refractivity contribution is 5.44. The van der Waals surface area contributed by atoms with Crippen molar-refractivity contribution in [3.05, 3.63) is 59.7 Å². The number of aryl methyl sites for hydroxylation is 1. The highest BCUT2D eigenvalue weighted by Gasteiger charge is 2.16. The molecule has 0 fully saturated rings. The smallest absolute Gasteiger partial charge is 0.161 e. The average Bonchev–Trinajstić information content (AvgIpc) is 2.66. The summed E-state index contributed by atoms with van der Waals surface area (Å²) in [5.41, 5.74) is 2.69. The van der Waals surface area contributed by atoms with E-state index in [-0.39, 0.29) is 0 Å². The Morgan fingerprint density at radius 2 is 1.73 bits per heavy atom. The molecule has 3 nitrogen and oxygen atoms in total. The SMILES string of the molecule is CCCCOc1ccc(C(CCCc2ccccc2)N(C)C)cc1OC. The van der Waals surface area contributed by atoms with E-state index >= 15 is 0 Å². The first kappa shape index (κ1) is 20.3. The van der Waals surface area contributed by atoms with Gasteiger partial charge < -0.3 is 14.4 Å². The fourth-order valence-corrected chi connectivity index (χ4v) is 3.20. The molecular formula is C23H33NO2. The summed E-state index contributed by atoms with van der Waals surface area (Å²) in [5, 5.41) is 0. The van der Waals surface area contributed by atoms with Crippen molar-refractivity contribution < 1.29 is 9.47 Å². The number of hydrogen-bond donors (Lipinski definition) is 0. The number of rotatable bonds is 11. The van der Waals surface area contributed by atoms with Gasteiger partial charge >= 0.3 is 0 Å². The Morgan fingerprint density at radius 3 is 2.38 bits per heavy atom. The summed E-state index contributed by atoms with van der Waals surface area (Å²) in [7, 11) is 6.00. The monoisotopic (exact) mass is 355 g/mol. The summed E-state index contributed by atoms with van der Waals surface area (Å²) in [6.45, 7) is 2.90. The van der Waals surface area contributed by atoms with Gasteiger partial charge in [-0.1, -0.05) is 49.7 Å². The van der Waals surface area contributed by atoms with E-state index in [4.69, 9.17) is 9.47 Å². The number of benzene rings is 2. The number of hydrogen-bond acceptors (Lipinski definition) is 3. The van der Waals surface area contributed by atoms with Crippen LogP contribution < -0.4 is 9.47 Å². The predicted octanol–water partition coefficient (Wildman–Crippen LogP) is 5.50. The van der Waals surface area contributed by atoms with Crippen molar-refractivity contribution in [2.24, 2.45) is 0 Å². The number of ether oxygens (including phenoxy) is 2. The van der Waals surface area contributed by atoms with Crippen LogP contribution in [-0.2, 0) is 6.42 Å². The molecule has 0 aromatic heterocycles. The van der Waals surface area contributed by atoms with Gasteiger partial charge in [-0.05, 0) is 63.0 Å². The van der Waals surface area contributed by atoms with Crippen molar-refractivity contribution in [2.75, 3.05) is 27.8 Å². The normalized spacial score (nSPS) is 12.2. The zero-order chi connectivity index (χ0) is 18.8. The van der Waals surface area contributed by atoms with Crippen molar-refractivity contribution in [3.8, 4) is 11.5 Å². The number of methoxy groups -OCH3 is 1. The van der Waals surface area contributed by atoms with Crippen molar-refractivity contribution in [2.45, 2.75) is 45.1 Å². The molecule has 0 bridgehead atoms. The summed E-state index contributed by atoms with van der Waals surface area (Å²) in [6.07, 6.45) is 5.57. The van der Waals surface area contributed by atoms with Gasteiger partial charge in [-0.15, -0.1) is 0 Å². The molecule has 0 aliphatic heterocycles. The Bertz CT molecular complexity index is 640. The van der Waals surface area contributed by atoms with Crippen LogP contribution in [0.3, 0.4) is 0 Å². The van der Waals surface area contributed by atoms with Crippen molar-refractivity contribution in [3.63, 3.8) is 0 Å². The fraction of sp³-hybridized carbons (Fsp3) is 0.478. The molecule has 0 aliphatic carbocycles. The van der Waals surface area contributed by atoms with E-state index in [1.165, 1.54) is 11.1 Å². The molecule has 2 aromatic rings. The molecule has 3 heteroatoms. The van der Waals surface area contributed by atoms with Gasteiger partial charge in [0.05, 0.1) is 13.7 Å². The summed E-state index contributed by atoms with van der Waals surface area (Å²) < 4.78 is 11.4. The van der Waals surface area contributed by atoms with Crippen molar-refractivity contribution in [1.82, 2.24) is 4.90 Å². The third-order valence-electron chi connectivity index (χ3n) is 4.74. The quantitative estimate of drug-likeness (QED) is 0.497. The highest BCUT2D eigenvalue weighted by atomic mass is 16.5. The minimum atomic E-state index is 0.373. The summed E-state index contributed by atoms with van der Waals surface area (Å²) >= 11 is 0. The molecule has 2 rings (SSSR count). The third kappa shape index (κ3) is 6.06. The van der Waals surface area contributed by atoms with Crippen LogP contribution in [0.1, 0.15) is 49.8 Å². The Balaban J connectivity index is 2.03. The van der Waals surface area contributed by atoms with E-state index in [2.05, 4.69) is 74.4 Å². The molecule has 2 aromatic carbocycles. The Morgan fingerprint density at radius 1 is 0.962 bits per heavy atom. The topological polar surface area (TPSA) is 21.7 Å². The fourth-order valence-electron chi connectivity index (χ4n) is 3.20. The maximum atomic E-state index is 5.86. The third-order valence-corrected chi connectivity index (χ3v) is 4.74. The maximum Gasteiger partial charge on any atom is 0.161 e. The van der Waals surface area contributed by atoms with Crippen LogP contribution in [0.5, 0.6) is 11.5 Å². The van der Waals surface area contributed by atoms with Gasteiger partial charge in [-0.3, -0.25) is 0 Å². The van der Waals surface area contributed by atoms with Gasteiger partial charge in [0.1, 0.15) is 0 Å². The van der Waals surface area contributed by atoms with Crippen LogP contribution in [0.4, 0.5) is 0 Å². The minimum absolute atomic E-state index is 0.373. The molecule has 0 amide bonds. The summed E-state index contributed by atoms with van der Waals surface area (Å²) in [4.78, 5) is 2.29. The van der Waals surface area contributed by atoms with Crippen molar-refractivity contribution >= 4 is 0 Å². The molecule has 0 spiro atoms. The van der Waals surface area contributed by atoms with Gasteiger partial charge in [0, 0.05) is 6.04 Å². The lowest BCUT2D eigenvalue weighted by molar-refractivity contribution is 0.273. The molecule has 142 valence electrons. The maximum absolute atomic E-state index is 5.86. The molecule has 1 unspecified atom stereocenters. The molecule has 0 aliphatic rings. The molecule has 1 atom stereocenters. The zero-order valence-corrected chi connectivity index (χ0v) is 16.7. The second kappa shape index (κ2) is 10.9. The first-order chi connectivity index (χ1) is 12.7. The van der Waals surface area contributed by atoms with Gasteiger partial charge in [0.15, 0.2) is 11.5 Å². The molecule has 0 heterocycles. The van der Waals surface area contributed by atoms with Gasteiger partial charge in [-0.25, -0.2) is 0 Å². The molecule has 0 radical (unpaired) electrons. The van der Waals surface area contributed by atoms with Gasteiger partial charge in [0.25, 0.3) is 0 Å². The first-order valence-corrected chi connectivity index (χ1v) is 9.66. The Kier molecular flexibility index (Phi) is 8.49. The largest absolute Gasteiger partial charge is 0.493 e. The predicted molar refractivity (Wildman–Crippen MR) is 109 cm³/mol. The van der Waals surface area contributed by atoms with E-state index in [0.29, 0.717) is 6.04 Å². The Labute approximate surface area is 158 Å². The lowest BCUT2D eigenvalue weighted by atomic mass is 9.98. The summed E-state index contributed by atoms with van der Waals surface area (Å²) in [6, 6.07) is 17.4. The van der Waals surface area contributed by atoms with Gasteiger partial charge in [-0.2, -0.15) is 0 Å². The van der Waals surface area contributed by atoms with Crippen molar-refractivity contribution in [1.29, 1.82) is 0 Å². The number of unbranched alkanes of at least 4 members (excludes halogenated alkanes) is 1. The molecular weight excluding hydrogens is 322 g/mol. The lowest BCUT2D eigenvalue weighted by Crippen LogP contribution is -2.20. The molecule has 0 saturated heterocycles. The van der Waals surface area contributed by atoms with Crippen LogP contribution in [0.25, 0.3) is 0 Å². The second-order valence-corrected chi connectivity index (χ2v) is 6.97. The minimum Gasteiger partial charge on any atom is -0.493 e. The highest BCUT2D eigenvalue weighted by Crippen LogP contribution is 2.33. The molecule has 26 heavy (non-hydrogen) atoms. The van der Waals surface area contributed by atoms with Crippen LogP contribution >= 0.6 is 0 Å². The van der Waals surface area contributed by atoms with Gasteiger partial charge in [0.2, 0.25) is 0 Å². The standard InChI is InChI=1S/C23H33NO2/c1-5-6-17-26-22-16-15-20(18-23(22)25-4)21(24(2)3)14-10-13-19-11-8-7-9-12-19/h7-9,11-12,15-16,18,21H,5-6,10,13-14,17H2,1-4H3. The second-order valence-electron chi connectivity index (χ2n) is 6.97. The summed E-state index contributed by atoms with van der Waals surface area (Å²) in [5.74, 6) is 1.67. The van der Waals surface area contributed by atoms with E-state index in [1.54, 1.807) is 7.11 Å². The average molecular weight is 356 g/mol. The number of nitrogens with zero attached hydrogens (tertiary/aromatic N) is 1. The van der Waals surface area contributed by atoms with Crippen LogP contribution in [0, 0.1) is 0 Å². The zero-order valence-electron chi connectivity index (χ0n) is 16.7. The van der Waals surface area contributed by atoms with Crippen LogP contribution in [0.15, 0.2) is 48.5 Å².